The molecule has 1 saturated carbocycles. The van der Waals surface area contributed by atoms with Crippen LogP contribution in [0.15, 0.2) is 48.7 Å². The van der Waals surface area contributed by atoms with Crippen molar-refractivity contribution < 1.29 is 9.53 Å². The summed E-state index contributed by atoms with van der Waals surface area (Å²) < 4.78 is 7.47. The van der Waals surface area contributed by atoms with E-state index in [9.17, 15) is 4.79 Å². The third-order valence-corrected chi connectivity index (χ3v) is 4.26. The molecule has 0 bridgehead atoms. The molecule has 0 saturated heterocycles. The molecule has 4 rings (SSSR count). The molecule has 0 unspecified atom stereocenters. The lowest BCUT2D eigenvalue weighted by molar-refractivity contribution is 0.0950. The first-order valence-electron chi connectivity index (χ1n) is 8.54. The Hall–Kier alpha value is -3.22. The molecule has 1 amide bonds. The van der Waals surface area contributed by atoms with E-state index in [2.05, 4.69) is 20.6 Å². The second kappa shape index (κ2) is 6.95. The van der Waals surface area contributed by atoms with Crippen LogP contribution < -0.4 is 10.1 Å². The van der Waals surface area contributed by atoms with Crippen LogP contribution in [-0.4, -0.2) is 31.9 Å². The zero-order chi connectivity index (χ0) is 17.9. The Balaban J connectivity index is 1.44. The molecule has 2 aromatic heterocycles. The first-order valence-corrected chi connectivity index (χ1v) is 8.54. The van der Waals surface area contributed by atoms with Crippen molar-refractivity contribution in [2.45, 2.75) is 25.5 Å². The molecule has 0 spiro atoms. The van der Waals surface area contributed by atoms with Crippen molar-refractivity contribution in [1.82, 2.24) is 25.3 Å². The monoisotopic (exact) mass is 349 g/mol. The summed E-state index contributed by atoms with van der Waals surface area (Å²) in [4.78, 5) is 16.2. The molecule has 1 aliphatic carbocycles. The Labute approximate surface area is 151 Å². The number of hydrogen-bond acceptors (Lipinski definition) is 5. The summed E-state index contributed by atoms with van der Waals surface area (Å²) in [6, 6.07) is 13.6. The number of amides is 1. The highest BCUT2D eigenvalue weighted by Crippen LogP contribution is 2.22. The highest BCUT2D eigenvalue weighted by molar-refractivity contribution is 5.94. The number of aryl methyl sites for hydroxylation is 1. The Morgan fingerprint density at radius 2 is 2.04 bits per heavy atom. The topological polar surface area (TPSA) is 81.9 Å². The third-order valence-electron chi connectivity index (χ3n) is 4.26. The molecule has 132 valence electrons. The lowest BCUT2D eigenvalue weighted by atomic mass is 10.1. The van der Waals surface area contributed by atoms with Crippen LogP contribution in [0.2, 0.25) is 0 Å². The Morgan fingerprint density at radius 1 is 1.23 bits per heavy atom. The number of nitrogens with one attached hydrogen (secondary N) is 1. The average molecular weight is 349 g/mol. The van der Waals surface area contributed by atoms with Gasteiger partial charge in [-0.2, -0.15) is 0 Å². The number of rotatable bonds is 6. The molecule has 26 heavy (non-hydrogen) atoms. The van der Waals surface area contributed by atoms with Crippen molar-refractivity contribution in [3.8, 4) is 17.1 Å². The van der Waals surface area contributed by atoms with Crippen molar-refractivity contribution in [2.75, 3.05) is 0 Å². The molecule has 7 heteroatoms. The Bertz CT molecular complexity index is 901. The average Bonchev–Trinajstić information content (AvgIpc) is 3.41. The molecule has 1 N–H and O–H groups in total. The van der Waals surface area contributed by atoms with E-state index in [1.54, 1.807) is 16.8 Å². The molecule has 0 atom stereocenters. The highest BCUT2D eigenvalue weighted by atomic mass is 16.5. The van der Waals surface area contributed by atoms with Gasteiger partial charge in [0.1, 0.15) is 18.0 Å². The summed E-state index contributed by atoms with van der Waals surface area (Å²) in [6.07, 6.45) is 3.65. The van der Waals surface area contributed by atoms with Gasteiger partial charge in [0.15, 0.2) is 0 Å². The second-order valence-corrected chi connectivity index (χ2v) is 6.30. The molecule has 1 fully saturated rings. The van der Waals surface area contributed by atoms with Crippen LogP contribution in [0.25, 0.3) is 11.3 Å². The molecule has 1 aromatic carbocycles. The molecule has 0 radical (unpaired) electrons. The van der Waals surface area contributed by atoms with Crippen LogP contribution in [0, 0.1) is 0 Å². The fraction of sp³-hybridized carbons (Fsp3) is 0.263. The summed E-state index contributed by atoms with van der Waals surface area (Å²) in [5, 5.41) is 11.3. The normalized spacial score (nSPS) is 13.4. The van der Waals surface area contributed by atoms with Crippen molar-refractivity contribution in [3.63, 3.8) is 0 Å². The van der Waals surface area contributed by atoms with Gasteiger partial charge in [-0.3, -0.25) is 4.79 Å². The zero-order valence-corrected chi connectivity index (χ0v) is 14.4. The van der Waals surface area contributed by atoms with Crippen LogP contribution in [0.1, 0.15) is 28.9 Å². The smallest absolute Gasteiger partial charge is 0.253 e. The summed E-state index contributed by atoms with van der Waals surface area (Å²) in [5.41, 5.74) is 3.16. The molecule has 7 nitrogen and oxygen atoms in total. The summed E-state index contributed by atoms with van der Waals surface area (Å²) >= 11 is 0. The van der Waals surface area contributed by atoms with Crippen molar-refractivity contribution in [2.24, 2.45) is 7.05 Å². The largest absolute Gasteiger partial charge is 0.471 e. The zero-order valence-electron chi connectivity index (χ0n) is 14.4. The highest BCUT2D eigenvalue weighted by Gasteiger charge is 2.23. The summed E-state index contributed by atoms with van der Waals surface area (Å²) in [6.45, 7) is 0.286. The molecular weight excluding hydrogens is 330 g/mol. The van der Waals surface area contributed by atoms with Crippen LogP contribution in [0.4, 0.5) is 0 Å². The van der Waals surface area contributed by atoms with Gasteiger partial charge in [-0.05, 0) is 18.9 Å². The number of hydrogen-bond donors (Lipinski definition) is 1. The van der Waals surface area contributed by atoms with Gasteiger partial charge in [-0.25, -0.2) is 9.67 Å². The van der Waals surface area contributed by atoms with Gasteiger partial charge >= 0.3 is 0 Å². The Kier molecular flexibility index (Phi) is 4.35. The van der Waals surface area contributed by atoms with Crippen LogP contribution in [0.5, 0.6) is 5.88 Å². The van der Waals surface area contributed by atoms with E-state index in [4.69, 9.17) is 4.74 Å². The van der Waals surface area contributed by atoms with Gasteiger partial charge in [0.25, 0.3) is 5.91 Å². The van der Waals surface area contributed by atoms with E-state index in [0.717, 1.165) is 29.8 Å². The number of carbonyl (C=O) groups is 1. The van der Waals surface area contributed by atoms with Gasteiger partial charge in [-0.1, -0.05) is 35.5 Å². The lowest BCUT2D eigenvalue weighted by Gasteiger charge is -2.08. The second-order valence-electron chi connectivity index (χ2n) is 6.30. The van der Waals surface area contributed by atoms with Crippen molar-refractivity contribution in [1.29, 1.82) is 0 Å². The molecule has 0 aliphatic heterocycles. The third kappa shape index (κ3) is 3.56. The first-order chi connectivity index (χ1) is 12.7. The summed E-state index contributed by atoms with van der Waals surface area (Å²) in [7, 11) is 1.83. The van der Waals surface area contributed by atoms with E-state index in [0.29, 0.717) is 17.5 Å². The van der Waals surface area contributed by atoms with Gasteiger partial charge in [0.2, 0.25) is 5.88 Å². The standard InChI is InChI=1S/C19H19N5O2/c1-24-16(18(22-23-24)13-5-3-2-4-6-13)12-26-17-10-7-14(11-20-17)19(25)21-15-8-9-15/h2-7,10-11,15H,8-9,12H2,1H3,(H,21,25). The predicted octanol–water partition coefficient (Wildman–Crippen LogP) is 2.35. The van der Waals surface area contributed by atoms with Crippen molar-refractivity contribution in [3.05, 3.63) is 59.9 Å². The molecular formula is C19H19N5O2. The van der Waals surface area contributed by atoms with Crippen molar-refractivity contribution >= 4 is 5.91 Å². The summed E-state index contributed by atoms with van der Waals surface area (Å²) in [5.74, 6) is 0.363. The maximum atomic E-state index is 12.0. The predicted molar refractivity (Wildman–Crippen MR) is 95.5 cm³/mol. The molecule has 3 aromatic rings. The van der Waals surface area contributed by atoms with Crippen LogP contribution in [0.3, 0.4) is 0 Å². The number of benzene rings is 1. The molecule has 1 aliphatic rings. The quantitative estimate of drug-likeness (QED) is 0.739. The lowest BCUT2D eigenvalue weighted by Crippen LogP contribution is -2.25. The number of pyridine rings is 1. The maximum absolute atomic E-state index is 12.0. The fourth-order valence-electron chi connectivity index (χ4n) is 2.60. The first kappa shape index (κ1) is 16.3. The van der Waals surface area contributed by atoms with Crippen LogP contribution in [-0.2, 0) is 13.7 Å². The van der Waals surface area contributed by atoms with E-state index in [1.807, 2.05) is 37.4 Å². The SMILES string of the molecule is Cn1nnc(-c2ccccc2)c1COc1ccc(C(=O)NC2CC2)cn1. The fourth-order valence-corrected chi connectivity index (χ4v) is 2.60. The number of ether oxygens (including phenoxy) is 1. The minimum atomic E-state index is -0.0891. The van der Waals surface area contributed by atoms with Gasteiger partial charge < -0.3 is 10.1 Å². The van der Waals surface area contributed by atoms with E-state index in [1.165, 1.54) is 6.20 Å². The number of aromatic nitrogens is 4. The number of nitrogens with zero attached hydrogens (tertiary/aromatic N) is 4. The minimum absolute atomic E-state index is 0.0891. The van der Waals surface area contributed by atoms with Gasteiger partial charge in [-0.15, -0.1) is 5.10 Å². The van der Waals surface area contributed by atoms with E-state index >= 15 is 0 Å². The maximum Gasteiger partial charge on any atom is 0.253 e. The Morgan fingerprint density at radius 3 is 2.73 bits per heavy atom. The van der Waals surface area contributed by atoms with E-state index in [-0.39, 0.29) is 12.5 Å². The molecule has 2 heterocycles. The van der Waals surface area contributed by atoms with Gasteiger partial charge in [0, 0.05) is 30.9 Å². The van der Waals surface area contributed by atoms with Crippen LogP contribution >= 0.6 is 0 Å². The number of carbonyl (C=O) groups excluding carboxylic acids is 1. The van der Waals surface area contributed by atoms with E-state index < -0.39 is 0 Å². The van der Waals surface area contributed by atoms with Gasteiger partial charge in [0.05, 0.1) is 5.56 Å². The minimum Gasteiger partial charge on any atom is -0.471 e.